The van der Waals surface area contributed by atoms with E-state index in [1.807, 2.05) is 0 Å². The molecule has 0 nitrogen and oxygen atoms in total. The summed E-state index contributed by atoms with van der Waals surface area (Å²) in [6.07, 6.45) is 0. The van der Waals surface area contributed by atoms with Gasteiger partial charge < -0.3 is 0 Å². The minimum atomic E-state index is 0. The van der Waals surface area contributed by atoms with Crippen molar-refractivity contribution in [1.29, 1.82) is 0 Å². The van der Waals surface area contributed by atoms with E-state index in [2.05, 4.69) is 49.4 Å². The zero-order chi connectivity index (χ0) is 7.68. The maximum atomic E-state index is 2.16. The van der Waals surface area contributed by atoms with Crippen molar-refractivity contribution < 1.29 is 0 Å². The average molecular weight is 149 g/mol. The molecule has 12 heavy (non-hydrogen) atoms. The van der Waals surface area contributed by atoms with Gasteiger partial charge in [-0.15, -0.1) is 0 Å². The standard InChI is InChI=1S/C11H10.Li/c1-9-5-4-7-10-6-2-3-8-11(9)10;/h2-8H,1H3;. The Morgan fingerprint density at radius 2 is 1.50 bits per heavy atom. The molecule has 0 aliphatic carbocycles. The van der Waals surface area contributed by atoms with E-state index in [1.54, 1.807) is 0 Å². The van der Waals surface area contributed by atoms with E-state index in [4.69, 9.17) is 0 Å². The van der Waals surface area contributed by atoms with E-state index < -0.39 is 0 Å². The van der Waals surface area contributed by atoms with Crippen LogP contribution in [0.5, 0.6) is 0 Å². The van der Waals surface area contributed by atoms with Crippen LogP contribution in [-0.4, -0.2) is 18.9 Å². The Labute approximate surface area is 84.8 Å². The number of hydrogen-bond acceptors (Lipinski definition) is 0. The molecule has 2 aromatic rings. The third kappa shape index (κ3) is 1.55. The van der Waals surface area contributed by atoms with Crippen LogP contribution in [0.1, 0.15) is 5.56 Å². The molecule has 0 aliphatic rings. The van der Waals surface area contributed by atoms with Crippen molar-refractivity contribution in [3.63, 3.8) is 0 Å². The predicted molar refractivity (Wildman–Crippen MR) is 54.4 cm³/mol. The Bertz CT molecular complexity index is 374. The van der Waals surface area contributed by atoms with E-state index in [-0.39, 0.29) is 18.9 Å². The molecule has 0 spiro atoms. The topological polar surface area (TPSA) is 0 Å². The van der Waals surface area contributed by atoms with Gasteiger partial charge in [-0.3, -0.25) is 0 Å². The van der Waals surface area contributed by atoms with Crippen molar-refractivity contribution in [1.82, 2.24) is 0 Å². The molecular formula is C11H10Li. The molecule has 0 amide bonds. The van der Waals surface area contributed by atoms with E-state index >= 15 is 0 Å². The summed E-state index contributed by atoms with van der Waals surface area (Å²) in [6, 6.07) is 14.8. The van der Waals surface area contributed by atoms with Crippen LogP contribution in [-0.2, 0) is 0 Å². The van der Waals surface area contributed by atoms with Crippen LogP contribution in [0.15, 0.2) is 42.5 Å². The predicted octanol–water partition coefficient (Wildman–Crippen LogP) is 2.77. The van der Waals surface area contributed by atoms with Crippen molar-refractivity contribution >= 4 is 29.6 Å². The zero-order valence-electron chi connectivity index (χ0n) is 7.54. The van der Waals surface area contributed by atoms with E-state index in [0.717, 1.165) is 0 Å². The van der Waals surface area contributed by atoms with E-state index in [1.165, 1.54) is 16.3 Å². The molecule has 0 saturated heterocycles. The molecular weight excluding hydrogens is 139 g/mol. The second-order valence-electron chi connectivity index (χ2n) is 2.80. The molecule has 2 rings (SSSR count). The van der Waals surface area contributed by atoms with Gasteiger partial charge in [0.05, 0.1) is 0 Å². The first-order valence-electron chi connectivity index (χ1n) is 3.82. The van der Waals surface area contributed by atoms with Crippen molar-refractivity contribution in [3.05, 3.63) is 48.0 Å². The summed E-state index contributed by atoms with van der Waals surface area (Å²) in [5, 5.41) is 2.68. The molecule has 0 aliphatic heterocycles. The molecule has 0 aromatic heterocycles. The van der Waals surface area contributed by atoms with Crippen LogP contribution in [0.25, 0.3) is 10.8 Å². The van der Waals surface area contributed by atoms with Gasteiger partial charge in [0.2, 0.25) is 0 Å². The first-order valence-corrected chi connectivity index (χ1v) is 3.82. The van der Waals surface area contributed by atoms with Gasteiger partial charge in [-0.25, -0.2) is 0 Å². The zero-order valence-corrected chi connectivity index (χ0v) is 7.54. The van der Waals surface area contributed by atoms with Gasteiger partial charge in [-0.2, -0.15) is 0 Å². The summed E-state index contributed by atoms with van der Waals surface area (Å²) in [5.74, 6) is 0. The number of benzene rings is 2. The summed E-state index contributed by atoms with van der Waals surface area (Å²) >= 11 is 0. The van der Waals surface area contributed by atoms with Crippen molar-refractivity contribution in [2.24, 2.45) is 0 Å². The number of aryl methyl sites for hydroxylation is 1. The quantitative estimate of drug-likeness (QED) is 0.505. The normalized spacial score (nSPS) is 9.42. The second-order valence-corrected chi connectivity index (χ2v) is 2.80. The number of fused-ring (bicyclic) bond motifs is 1. The molecule has 0 heterocycles. The third-order valence-corrected chi connectivity index (χ3v) is 2.01. The Hall–Kier alpha value is -0.703. The summed E-state index contributed by atoms with van der Waals surface area (Å²) in [5.41, 5.74) is 1.35. The smallest absolute Gasteiger partial charge is 0 e. The van der Waals surface area contributed by atoms with Crippen LogP contribution < -0.4 is 0 Å². The van der Waals surface area contributed by atoms with Gasteiger partial charge in [-0.05, 0) is 23.3 Å². The van der Waals surface area contributed by atoms with Gasteiger partial charge in [0.15, 0.2) is 0 Å². The van der Waals surface area contributed by atoms with Crippen LogP contribution >= 0.6 is 0 Å². The molecule has 0 N–H and O–H groups in total. The fourth-order valence-corrected chi connectivity index (χ4v) is 1.39. The second kappa shape index (κ2) is 3.80. The van der Waals surface area contributed by atoms with Crippen molar-refractivity contribution in [2.45, 2.75) is 6.92 Å². The van der Waals surface area contributed by atoms with Gasteiger partial charge in [0, 0.05) is 18.9 Å². The monoisotopic (exact) mass is 149 g/mol. The summed E-state index contributed by atoms with van der Waals surface area (Å²) < 4.78 is 0. The SMILES string of the molecule is Cc1cccc2ccccc12.[Li]. The van der Waals surface area contributed by atoms with Gasteiger partial charge in [0.25, 0.3) is 0 Å². The largest absolute Gasteiger partial charge is 0.0616 e. The van der Waals surface area contributed by atoms with Crippen LogP contribution in [0.4, 0.5) is 0 Å². The van der Waals surface area contributed by atoms with Crippen molar-refractivity contribution in [3.8, 4) is 0 Å². The fourth-order valence-electron chi connectivity index (χ4n) is 1.39. The molecule has 0 atom stereocenters. The Morgan fingerprint density at radius 1 is 0.833 bits per heavy atom. The van der Waals surface area contributed by atoms with E-state index in [0.29, 0.717) is 0 Å². The maximum Gasteiger partial charge on any atom is 0 e. The minimum absolute atomic E-state index is 0. The molecule has 0 bridgehead atoms. The van der Waals surface area contributed by atoms with Crippen molar-refractivity contribution in [2.75, 3.05) is 0 Å². The first kappa shape index (κ1) is 9.39. The van der Waals surface area contributed by atoms with Crippen LogP contribution in [0.3, 0.4) is 0 Å². The van der Waals surface area contributed by atoms with Crippen LogP contribution in [0.2, 0.25) is 0 Å². The van der Waals surface area contributed by atoms with E-state index in [9.17, 15) is 0 Å². The molecule has 1 heteroatoms. The average Bonchev–Trinajstić information content (AvgIpc) is 2.06. The first-order chi connectivity index (χ1) is 5.38. The Balaban J connectivity index is 0.000000720. The molecule has 55 valence electrons. The molecule has 2 aromatic carbocycles. The summed E-state index contributed by atoms with van der Waals surface area (Å²) in [6.45, 7) is 2.14. The Morgan fingerprint density at radius 3 is 2.25 bits per heavy atom. The van der Waals surface area contributed by atoms with Crippen LogP contribution in [0, 0.1) is 6.92 Å². The maximum absolute atomic E-state index is 2.16. The number of hydrogen-bond donors (Lipinski definition) is 0. The number of rotatable bonds is 0. The molecule has 1 radical (unpaired) electrons. The molecule has 0 saturated carbocycles. The minimum Gasteiger partial charge on any atom is -0.0616 e. The summed E-state index contributed by atoms with van der Waals surface area (Å²) in [4.78, 5) is 0. The summed E-state index contributed by atoms with van der Waals surface area (Å²) in [7, 11) is 0. The Kier molecular flexibility index (Phi) is 2.98. The van der Waals surface area contributed by atoms with Gasteiger partial charge in [0.1, 0.15) is 0 Å². The fraction of sp³-hybridized carbons (Fsp3) is 0.0909. The third-order valence-electron chi connectivity index (χ3n) is 2.01. The molecule has 0 fully saturated rings. The van der Waals surface area contributed by atoms with Gasteiger partial charge >= 0.3 is 0 Å². The molecule has 0 unspecified atom stereocenters. The van der Waals surface area contributed by atoms with Gasteiger partial charge in [-0.1, -0.05) is 42.5 Å².